The maximum absolute atomic E-state index is 12.0. The molecule has 1 heterocycles. The molecule has 1 aliphatic rings. The van der Waals surface area contributed by atoms with Crippen LogP contribution in [0.4, 0.5) is 5.69 Å². The molecule has 0 saturated carbocycles. The van der Waals surface area contributed by atoms with E-state index in [1.54, 1.807) is 24.3 Å². The molecule has 3 rings (SSSR count). The topological polar surface area (TPSA) is 67.4 Å². The average Bonchev–Trinajstić information content (AvgIpc) is 2.61. The third-order valence-corrected chi connectivity index (χ3v) is 4.38. The van der Waals surface area contributed by atoms with Crippen LogP contribution in [0.25, 0.3) is 0 Å². The highest BCUT2D eigenvalue weighted by atomic mass is 79.9. The van der Waals surface area contributed by atoms with Gasteiger partial charge < -0.3 is 15.4 Å². The molecule has 24 heavy (non-hydrogen) atoms. The van der Waals surface area contributed by atoms with Gasteiger partial charge in [-0.1, -0.05) is 40.2 Å². The fourth-order valence-electron chi connectivity index (χ4n) is 2.63. The Morgan fingerprint density at radius 1 is 1.08 bits per heavy atom. The van der Waals surface area contributed by atoms with Crippen LogP contribution in [0.3, 0.4) is 0 Å². The van der Waals surface area contributed by atoms with Crippen molar-refractivity contribution in [2.24, 2.45) is 0 Å². The Morgan fingerprint density at radius 3 is 2.62 bits per heavy atom. The van der Waals surface area contributed by atoms with Crippen molar-refractivity contribution in [3.63, 3.8) is 0 Å². The molecular formula is C18H17BrN2O3. The SMILES string of the molecule is O=C(NC[C@@H]1OCCc2ccccc21)C(=O)Nc1ccc(Br)cc1. The van der Waals surface area contributed by atoms with Crippen molar-refractivity contribution in [1.29, 1.82) is 0 Å². The number of amides is 2. The largest absolute Gasteiger partial charge is 0.371 e. The van der Waals surface area contributed by atoms with Gasteiger partial charge in [-0.15, -0.1) is 0 Å². The molecule has 0 aliphatic carbocycles. The summed E-state index contributed by atoms with van der Waals surface area (Å²) >= 11 is 3.32. The summed E-state index contributed by atoms with van der Waals surface area (Å²) in [6, 6.07) is 15.0. The summed E-state index contributed by atoms with van der Waals surface area (Å²) in [5, 5.41) is 5.20. The highest BCUT2D eigenvalue weighted by Crippen LogP contribution is 2.26. The van der Waals surface area contributed by atoms with E-state index in [2.05, 4.69) is 32.6 Å². The number of halogens is 1. The molecule has 1 atom stereocenters. The first-order valence-corrected chi connectivity index (χ1v) is 8.47. The Bertz CT molecular complexity index is 746. The van der Waals surface area contributed by atoms with Gasteiger partial charge >= 0.3 is 11.8 Å². The Balaban J connectivity index is 1.56. The van der Waals surface area contributed by atoms with Crippen LogP contribution < -0.4 is 10.6 Å². The van der Waals surface area contributed by atoms with Gasteiger partial charge in [-0.25, -0.2) is 0 Å². The molecular weight excluding hydrogens is 372 g/mol. The Kier molecular flexibility index (Phi) is 5.27. The molecule has 2 aromatic carbocycles. The van der Waals surface area contributed by atoms with Gasteiger partial charge in [0, 0.05) is 16.7 Å². The molecule has 0 fully saturated rings. The van der Waals surface area contributed by atoms with Crippen LogP contribution in [0.2, 0.25) is 0 Å². The van der Waals surface area contributed by atoms with E-state index in [4.69, 9.17) is 4.74 Å². The van der Waals surface area contributed by atoms with Gasteiger partial charge in [0.25, 0.3) is 0 Å². The number of hydrogen-bond donors (Lipinski definition) is 2. The number of rotatable bonds is 3. The van der Waals surface area contributed by atoms with Gasteiger partial charge in [0.15, 0.2) is 0 Å². The van der Waals surface area contributed by atoms with E-state index in [1.165, 1.54) is 5.56 Å². The molecule has 5 nitrogen and oxygen atoms in total. The van der Waals surface area contributed by atoms with Crippen LogP contribution in [-0.2, 0) is 20.7 Å². The van der Waals surface area contributed by atoms with Crippen molar-refractivity contribution in [2.45, 2.75) is 12.5 Å². The number of ether oxygens (including phenoxy) is 1. The molecule has 0 saturated heterocycles. The molecule has 2 N–H and O–H groups in total. The first kappa shape index (κ1) is 16.7. The lowest BCUT2D eigenvalue weighted by Crippen LogP contribution is -2.38. The average molecular weight is 389 g/mol. The number of anilines is 1. The van der Waals surface area contributed by atoms with Crippen LogP contribution in [-0.4, -0.2) is 25.0 Å². The summed E-state index contributed by atoms with van der Waals surface area (Å²) in [6.07, 6.45) is 0.643. The predicted molar refractivity (Wildman–Crippen MR) is 94.6 cm³/mol. The molecule has 0 unspecified atom stereocenters. The first-order valence-electron chi connectivity index (χ1n) is 7.67. The number of fused-ring (bicyclic) bond motifs is 1. The normalized spacial score (nSPS) is 16.1. The maximum Gasteiger partial charge on any atom is 0.313 e. The van der Waals surface area contributed by atoms with Crippen LogP contribution in [0, 0.1) is 0 Å². The molecule has 2 aromatic rings. The zero-order chi connectivity index (χ0) is 16.9. The number of benzene rings is 2. The second-order valence-corrected chi connectivity index (χ2v) is 6.39. The van der Waals surface area contributed by atoms with Crippen LogP contribution in [0.5, 0.6) is 0 Å². The van der Waals surface area contributed by atoms with E-state index in [-0.39, 0.29) is 12.6 Å². The van der Waals surface area contributed by atoms with Crippen molar-refractivity contribution in [3.05, 3.63) is 64.1 Å². The Labute approximate surface area is 148 Å². The molecule has 0 radical (unpaired) electrons. The molecule has 124 valence electrons. The van der Waals surface area contributed by atoms with E-state index in [0.29, 0.717) is 12.3 Å². The van der Waals surface area contributed by atoms with Crippen LogP contribution in [0.15, 0.2) is 53.0 Å². The van der Waals surface area contributed by atoms with Gasteiger partial charge in [0.05, 0.1) is 6.61 Å². The highest BCUT2D eigenvalue weighted by molar-refractivity contribution is 9.10. The van der Waals surface area contributed by atoms with E-state index in [0.717, 1.165) is 16.5 Å². The molecule has 0 aromatic heterocycles. The van der Waals surface area contributed by atoms with Crippen molar-refractivity contribution >= 4 is 33.4 Å². The Hall–Kier alpha value is -2.18. The third kappa shape index (κ3) is 4.01. The fourth-order valence-corrected chi connectivity index (χ4v) is 2.90. The lowest BCUT2D eigenvalue weighted by Gasteiger charge is -2.26. The van der Waals surface area contributed by atoms with Gasteiger partial charge in [0.1, 0.15) is 6.10 Å². The molecule has 6 heteroatoms. The monoisotopic (exact) mass is 388 g/mol. The quantitative estimate of drug-likeness (QED) is 0.794. The molecule has 0 bridgehead atoms. The molecule has 2 amide bonds. The molecule has 0 spiro atoms. The van der Waals surface area contributed by atoms with E-state index < -0.39 is 11.8 Å². The highest BCUT2D eigenvalue weighted by Gasteiger charge is 2.22. The minimum atomic E-state index is -0.693. The summed E-state index contributed by atoms with van der Waals surface area (Å²) in [4.78, 5) is 23.9. The van der Waals surface area contributed by atoms with Crippen molar-refractivity contribution < 1.29 is 14.3 Å². The summed E-state index contributed by atoms with van der Waals surface area (Å²) < 4.78 is 6.62. The number of hydrogen-bond acceptors (Lipinski definition) is 3. The summed E-state index contributed by atoms with van der Waals surface area (Å²) in [6.45, 7) is 0.881. The van der Waals surface area contributed by atoms with Crippen molar-refractivity contribution in [1.82, 2.24) is 5.32 Å². The van der Waals surface area contributed by atoms with Gasteiger partial charge in [0.2, 0.25) is 0 Å². The second kappa shape index (κ2) is 7.59. The zero-order valence-corrected chi connectivity index (χ0v) is 14.5. The third-order valence-electron chi connectivity index (χ3n) is 3.85. The summed E-state index contributed by atoms with van der Waals surface area (Å²) in [5.74, 6) is -1.37. The van der Waals surface area contributed by atoms with Crippen molar-refractivity contribution in [2.75, 3.05) is 18.5 Å². The lowest BCUT2D eigenvalue weighted by molar-refractivity contribution is -0.136. The number of carbonyl (C=O) groups excluding carboxylic acids is 2. The minimum Gasteiger partial charge on any atom is -0.371 e. The van der Waals surface area contributed by atoms with Crippen LogP contribution in [0.1, 0.15) is 17.2 Å². The van der Waals surface area contributed by atoms with Crippen molar-refractivity contribution in [3.8, 4) is 0 Å². The van der Waals surface area contributed by atoms with Gasteiger partial charge in [-0.3, -0.25) is 9.59 Å². The number of nitrogens with one attached hydrogen (secondary N) is 2. The minimum absolute atomic E-state index is 0.223. The second-order valence-electron chi connectivity index (χ2n) is 5.48. The van der Waals surface area contributed by atoms with Crippen LogP contribution >= 0.6 is 15.9 Å². The zero-order valence-electron chi connectivity index (χ0n) is 12.9. The standard InChI is InChI=1S/C18H17BrN2O3/c19-13-5-7-14(8-6-13)21-18(23)17(22)20-11-16-15-4-2-1-3-12(15)9-10-24-16/h1-8,16H,9-11H2,(H,20,22)(H,21,23)/t16-/m0/s1. The molecule has 1 aliphatic heterocycles. The summed E-state index contributed by atoms with van der Waals surface area (Å²) in [7, 11) is 0. The van der Waals surface area contributed by atoms with E-state index >= 15 is 0 Å². The first-order chi connectivity index (χ1) is 11.6. The maximum atomic E-state index is 12.0. The Morgan fingerprint density at radius 2 is 1.83 bits per heavy atom. The van der Waals surface area contributed by atoms with Gasteiger partial charge in [-0.05, 0) is 41.8 Å². The van der Waals surface area contributed by atoms with Gasteiger partial charge in [-0.2, -0.15) is 0 Å². The summed E-state index contributed by atoms with van der Waals surface area (Å²) in [5.41, 5.74) is 2.86. The fraction of sp³-hybridized carbons (Fsp3) is 0.222. The smallest absolute Gasteiger partial charge is 0.313 e. The van der Waals surface area contributed by atoms with E-state index in [1.807, 2.05) is 18.2 Å². The number of carbonyl (C=O) groups is 2. The lowest BCUT2D eigenvalue weighted by atomic mass is 9.97. The predicted octanol–water partition coefficient (Wildman–Crippen LogP) is 2.82. The van der Waals surface area contributed by atoms with E-state index in [9.17, 15) is 9.59 Å².